The second kappa shape index (κ2) is 7.68. The average Bonchev–Trinajstić information content (AvgIpc) is 2.80. The van der Waals surface area contributed by atoms with E-state index in [-0.39, 0.29) is 11.5 Å². The van der Waals surface area contributed by atoms with E-state index in [1.54, 1.807) is 31.6 Å². The Morgan fingerprint density at radius 2 is 2.06 bits per heavy atom. The number of piperidine rings is 1. The van der Waals surface area contributed by atoms with Crippen LogP contribution in [0.4, 0.5) is 11.5 Å². The lowest BCUT2D eigenvalue weighted by molar-refractivity contribution is 0.0682. The number of fused-ring (bicyclic) bond motifs is 2. The van der Waals surface area contributed by atoms with Crippen molar-refractivity contribution in [3.63, 3.8) is 0 Å². The number of anilines is 2. The summed E-state index contributed by atoms with van der Waals surface area (Å²) >= 11 is 0. The quantitative estimate of drug-likeness (QED) is 0.636. The number of hydrogen-bond donors (Lipinski definition) is 0. The van der Waals surface area contributed by atoms with Gasteiger partial charge in [0.1, 0.15) is 12.3 Å². The van der Waals surface area contributed by atoms with E-state index in [0.29, 0.717) is 47.4 Å². The van der Waals surface area contributed by atoms with Crippen LogP contribution in [0.2, 0.25) is 0 Å². The van der Waals surface area contributed by atoms with Gasteiger partial charge in [0.05, 0.1) is 12.1 Å². The fraction of sp³-hybridized carbons (Fsp3) is 0.391. The number of carbonyl (C=O) groups excluding carboxylic acids is 1. The Morgan fingerprint density at radius 1 is 1.19 bits per heavy atom. The summed E-state index contributed by atoms with van der Waals surface area (Å²) in [6, 6.07) is 5.54. The van der Waals surface area contributed by atoms with Gasteiger partial charge in [-0.05, 0) is 37.8 Å². The van der Waals surface area contributed by atoms with Crippen molar-refractivity contribution in [2.75, 3.05) is 31.1 Å². The lowest BCUT2D eigenvalue weighted by Crippen LogP contribution is -2.39. The van der Waals surface area contributed by atoms with Gasteiger partial charge in [-0.2, -0.15) is 0 Å². The van der Waals surface area contributed by atoms with Crippen molar-refractivity contribution < 1.29 is 9.53 Å². The molecule has 5 rings (SSSR count). The highest BCUT2D eigenvalue weighted by atomic mass is 16.5. The molecule has 0 unspecified atom stereocenters. The van der Waals surface area contributed by atoms with Crippen LogP contribution >= 0.6 is 0 Å². The van der Waals surface area contributed by atoms with Gasteiger partial charge in [-0.1, -0.05) is 6.92 Å². The molecular formula is C23H25N5O3. The second-order valence-corrected chi connectivity index (χ2v) is 8.40. The van der Waals surface area contributed by atoms with Gasteiger partial charge in [0, 0.05) is 49.0 Å². The van der Waals surface area contributed by atoms with Gasteiger partial charge in [-0.3, -0.25) is 14.0 Å². The first-order valence-electron chi connectivity index (χ1n) is 10.7. The minimum atomic E-state index is -0.0766. The molecule has 3 aromatic rings. The molecule has 160 valence electrons. The highest BCUT2D eigenvalue weighted by molar-refractivity contribution is 5.95. The molecule has 1 atom stereocenters. The summed E-state index contributed by atoms with van der Waals surface area (Å²) in [6.07, 6.45) is 7.16. The Hall–Kier alpha value is -3.42. The number of pyridine rings is 2. The number of ether oxygens (including phenoxy) is 1. The van der Waals surface area contributed by atoms with Gasteiger partial charge >= 0.3 is 0 Å². The first-order valence-corrected chi connectivity index (χ1v) is 10.7. The molecule has 0 aliphatic carbocycles. The van der Waals surface area contributed by atoms with Crippen LogP contribution in [0, 0.1) is 12.8 Å². The van der Waals surface area contributed by atoms with Gasteiger partial charge < -0.3 is 14.5 Å². The fourth-order valence-electron chi connectivity index (χ4n) is 4.35. The Morgan fingerprint density at radius 3 is 2.90 bits per heavy atom. The van der Waals surface area contributed by atoms with Crippen LogP contribution in [-0.2, 0) is 0 Å². The zero-order chi connectivity index (χ0) is 21.5. The minimum Gasteiger partial charge on any atom is -0.488 e. The number of carbonyl (C=O) groups is 1. The molecule has 8 nitrogen and oxygen atoms in total. The number of amides is 1. The molecule has 1 saturated heterocycles. The molecule has 0 saturated carbocycles. The highest BCUT2D eigenvalue weighted by Gasteiger charge is 2.26. The summed E-state index contributed by atoms with van der Waals surface area (Å²) in [4.78, 5) is 38.2. The summed E-state index contributed by atoms with van der Waals surface area (Å²) in [5.74, 6) is 1.78. The monoisotopic (exact) mass is 419 g/mol. The maximum Gasteiger partial charge on any atom is 0.260 e. The zero-order valence-electron chi connectivity index (χ0n) is 17.7. The lowest BCUT2D eigenvalue weighted by atomic mass is 10.00. The SMILES string of the molecule is Cc1cnc2cc(N3CCOc4cc(C(=O)N5CCC[C@@H](C)C5)cnc43)ccn2c1=O. The molecular weight excluding hydrogens is 394 g/mol. The number of aryl methyl sites for hydroxylation is 1. The predicted octanol–water partition coefficient (Wildman–Crippen LogP) is 2.80. The zero-order valence-corrected chi connectivity index (χ0v) is 17.7. The Bertz CT molecular complexity index is 1220. The molecule has 5 heterocycles. The van der Waals surface area contributed by atoms with E-state index in [4.69, 9.17) is 4.74 Å². The van der Waals surface area contributed by atoms with E-state index in [0.717, 1.165) is 31.6 Å². The third kappa shape index (κ3) is 3.52. The molecule has 1 fully saturated rings. The van der Waals surface area contributed by atoms with Crippen LogP contribution in [-0.4, -0.2) is 51.4 Å². The smallest absolute Gasteiger partial charge is 0.260 e. The molecule has 0 N–H and O–H groups in total. The van der Waals surface area contributed by atoms with Crippen molar-refractivity contribution in [3.8, 4) is 5.75 Å². The fourth-order valence-corrected chi connectivity index (χ4v) is 4.35. The maximum atomic E-state index is 13.0. The summed E-state index contributed by atoms with van der Waals surface area (Å²) in [5, 5.41) is 0. The first kappa shape index (κ1) is 19.5. The van der Waals surface area contributed by atoms with E-state index >= 15 is 0 Å². The van der Waals surface area contributed by atoms with Crippen molar-refractivity contribution in [3.05, 3.63) is 58.3 Å². The number of aromatic nitrogens is 3. The maximum absolute atomic E-state index is 13.0. The molecule has 1 amide bonds. The summed E-state index contributed by atoms with van der Waals surface area (Å²) in [6.45, 7) is 6.60. The van der Waals surface area contributed by atoms with Crippen LogP contribution in [0.15, 0.2) is 41.6 Å². The molecule has 3 aromatic heterocycles. The van der Waals surface area contributed by atoms with Gasteiger partial charge in [-0.15, -0.1) is 0 Å². The summed E-state index contributed by atoms with van der Waals surface area (Å²) in [5.41, 5.74) is 2.52. The topological polar surface area (TPSA) is 80.0 Å². The van der Waals surface area contributed by atoms with Crippen molar-refractivity contribution >= 4 is 23.1 Å². The Labute approximate surface area is 180 Å². The molecule has 2 aliphatic rings. The van der Waals surface area contributed by atoms with Gasteiger partial charge in [0.25, 0.3) is 11.5 Å². The van der Waals surface area contributed by atoms with E-state index in [9.17, 15) is 9.59 Å². The van der Waals surface area contributed by atoms with E-state index in [2.05, 4.69) is 16.9 Å². The molecule has 8 heteroatoms. The van der Waals surface area contributed by atoms with Gasteiger partial charge in [0.2, 0.25) is 0 Å². The normalized spacial score (nSPS) is 18.6. The minimum absolute atomic E-state index is 0.00669. The molecule has 0 bridgehead atoms. The standard InChI is InChI=1S/C23H25N5O3/c1-15-4-3-6-26(14-15)23(30)17-10-19-21(25-13-17)27(8-9-31-19)18-5-7-28-20(11-18)24-12-16(2)22(28)29/h5,7,10-13,15H,3-4,6,8-9,14H2,1-2H3/t15-/m1/s1. The Kier molecular flexibility index (Phi) is 4.84. The first-order chi connectivity index (χ1) is 15.0. The number of hydrogen-bond acceptors (Lipinski definition) is 6. The van der Waals surface area contributed by atoms with Crippen LogP contribution in [0.25, 0.3) is 5.65 Å². The number of rotatable bonds is 2. The van der Waals surface area contributed by atoms with Crippen LogP contribution in [0.1, 0.15) is 35.7 Å². The molecule has 0 radical (unpaired) electrons. The van der Waals surface area contributed by atoms with Crippen molar-refractivity contribution in [1.82, 2.24) is 19.3 Å². The van der Waals surface area contributed by atoms with E-state index in [1.165, 1.54) is 4.40 Å². The van der Waals surface area contributed by atoms with Crippen LogP contribution in [0.3, 0.4) is 0 Å². The van der Waals surface area contributed by atoms with E-state index in [1.807, 2.05) is 21.9 Å². The van der Waals surface area contributed by atoms with Crippen LogP contribution in [0.5, 0.6) is 5.75 Å². The molecule has 31 heavy (non-hydrogen) atoms. The third-order valence-corrected chi connectivity index (χ3v) is 6.03. The van der Waals surface area contributed by atoms with Crippen LogP contribution < -0.4 is 15.2 Å². The largest absolute Gasteiger partial charge is 0.488 e. The number of likely N-dealkylation sites (tertiary alicyclic amines) is 1. The predicted molar refractivity (Wildman–Crippen MR) is 117 cm³/mol. The molecule has 0 aromatic carbocycles. The second-order valence-electron chi connectivity index (χ2n) is 8.40. The van der Waals surface area contributed by atoms with Gasteiger partial charge in [0.15, 0.2) is 11.6 Å². The summed E-state index contributed by atoms with van der Waals surface area (Å²) in [7, 11) is 0. The lowest BCUT2D eigenvalue weighted by Gasteiger charge is -2.32. The Balaban J connectivity index is 1.47. The molecule has 0 spiro atoms. The van der Waals surface area contributed by atoms with Crippen molar-refractivity contribution in [2.45, 2.75) is 26.7 Å². The van der Waals surface area contributed by atoms with E-state index < -0.39 is 0 Å². The van der Waals surface area contributed by atoms with Gasteiger partial charge in [-0.25, -0.2) is 9.97 Å². The van der Waals surface area contributed by atoms with Crippen molar-refractivity contribution in [2.24, 2.45) is 5.92 Å². The third-order valence-electron chi connectivity index (χ3n) is 6.03. The number of nitrogens with zero attached hydrogens (tertiary/aromatic N) is 5. The average molecular weight is 419 g/mol. The van der Waals surface area contributed by atoms with Crippen molar-refractivity contribution in [1.29, 1.82) is 0 Å². The summed E-state index contributed by atoms with van der Waals surface area (Å²) < 4.78 is 7.39. The highest BCUT2D eigenvalue weighted by Crippen LogP contribution is 2.35. The molecule has 2 aliphatic heterocycles.